The Morgan fingerprint density at radius 3 is 2.95 bits per heavy atom. The predicted molar refractivity (Wildman–Crippen MR) is 80.6 cm³/mol. The van der Waals surface area contributed by atoms with Gasteiger partial charge in [0, 0.05) is 5.69 Å². The van der Waals surface area contributed by atoms with Crippen LogP contribution in [0.3, 0.4) is 0 Å². The molecule has 0 saturated heterocycles. The Hall–Kier alpha value is -1.38. The number of rotatable bonds is 5. The summed E-state index contributed by atoms with van der Waals surface area (Å²) in [6.45, 7) is 0. The standard InChI is InChI=1S/C11H10N2O3S3/c14-9(4-18-5-10(15)16)12-6-1-2-7-8(3-6)19-11(17)13-7/h1-3H,4-5H2,(H,12,14)(H,13,17)(H,15,16). The van der Waals surface area contributed by atoms with Crippen molar-refractivity contribution in [1.82, 2.24) is 4.98 Å². The number of nitrogens with one attached hydrogen (secondary N) is 2. The molecular formula is C11H10N2O3S3. The minimum Gasteiger partial charge on any atom is -0.481 e. The number of aromatic nitrogens is 1. The number of carbonyl (C=O) groups excluding carboxylic acids is 1. The number of aliphatic carboxylic acids is 1. The first-order chi connectivity index (χ1) is 9.04. The fraction of sp³-hybridized carbons (Fsp3) is 0.182. The first-order valence-corrected chi connectivity index (χ1v) is 7.65. The van der Waals surface area contributed by atoms with E-state index in [1.807, 2.05) is 12.1 Å². The summed E-state index contributed by atoms with van der Waals surface area (Å²) < 4.78 is 1.66. The summed E-state index contributed by atoms with van der Waals surface area (Å²) in [6.07, 6.45) is 0. The maximum absolute atomic E-state index is 11.6. The van der Waals surface area contributed by atoms with Crippen LogP contribution in [0.5, 0.6) is 0 Å². The first-order valence-electron chi connectivity index (χ1n) is 5.27. The molecule has 0 saturated carbocycles. The van der Waals surface area contributed by atoms with Gasteiger partial charge in [-0.15, -0.1) is 23.1 Å². The van der Waals surface area contributed by atoms with Crippen molar-refractivity contribution in [2.45, 2.75) is 0 Å². The molecule has 1 aromatic heterocycles. The minimum absolute atomic E-state index is 0.0777. The molecule has 100 valence electrons. The van der Waals surface area contributed by atoms with Crippen molar-refractivity contribution in [3.63, 3.8) is 0 Å². The molecule has 19 heavy (non-hydrogen) atoms. The van der Waals surface area contributed by atoms with E-state index >= 15 is 0 Å². The van der Waals surface area contributed by atoms with Gasteiger partial charge in [0.2, 0.25) is 5.91 Å². The van der Waals surface area contributed by atoms with Crippen molar-refractivity contribution < 1.29 is 14.7 Å². The van der Waals surface area contributed by atoms with Gasteiger partial charge in [0.15, 0.2) is 3.95 Å². The van der Waals surface area contributed by atoms with E-state index in [0.29, 0.717) is 9.64 Å². The van der Waals surface area contributed by atoms with Gasteiger partial charge in [-0.25, -0.2) is 0 Å². The zero-order chi connectivity index (χ0) is 13.8. The number of hydrogen-bond acceptors (Lipinski definition) is 5. The van der Waals surface area contributed by atoms with Crippen molar-refractivity contribution in [3.05, 3.63) is 22.2 Å². The number of H-pyrrole nitrogens is 1. The van der Waals surface area contributed by atoms with Crippen LogP contribution in [-0.4, -0.2) is 33.5 Å². The van der Waals surface area contributed by atoms with Gasteiger partial charge in [-0.1, -0.05) is 0 Å². The zero-order valence-electron chi connectivity index (χ0n) is 9.63. The lowest BCUT2D eigenvalue weighted by Crippen LogP contribution is -2.15. The molecule has 0 spiro atoms. The third kappa shape index (κ3) is 4.05. The maximum Gasteiger partial charge on any atom is 0.313 e. The number of anilines is 1. The number of benzene rings is 1. The molecule has 2 aromatic rings. The summed E-state index contributed by atoms with van der Waals surface area (Å²) in [4.78, 5) is 24.9. The summed E-state index contributed by atoms with van der Waals surface area (Å²) in [6, 6.07) is 5.47. The van der Waals surface area contributed by atoms with E-state index in [4.69, 9.17) is 17.3 Å². The normalized spacial score (nSPS) is 10.5. The molecule has 1 amide bonds. The summed E-state index contributed by atoms with van der Waals surface area (Å²) >= 11 is 7.55. The number of thioether (sulfide) groups is 1. The van der Waals surface area contributed by atoms with Gasteiger partial charge in [-0.3, -0.25) is 9.59 Å². The lowest BCUT2D eigenvalue weighted by Gasteiger charge is -2.04. The zero-order valence-corrected chi connectivity index (χ0v) is 12.1. The Kier molecular flexibility index (Phi) is 4.56. The van der Waals surface area contributed by atoms with Gasteiger partial charge >= 0.3 is 5.97 Å². The Labute approximate surface area is 122 Å². The van der Waals surface area contributed by atoms with Crippen LogP contribution in [0.1, 0.15) is 0 Å². The second-order valence-corrected chi connectivity index (χ2v) is 6.36. The molecule has 0 atom stereocenters. The van der Waals surface area contributed by atoms with E-state index in [2.05, 4.69) is 10.3 Å². The molecule has 0 aliphatic heterocycles. The monoisotopic (exact) mass is 314 g/mol. The van der Waals surface area contributed by atoms with Crippen LogP contribution in [0.4, 0.5) is 5.69 Å². The fourth-order valence-corrected chi connectivity index (χ4v) is 3.14. The number of thiazole rings is 1. The molecular weight excluding hydrogens is 304 g/mol. The van der Waals surface area contributed by atoms with Gasteiger partial charge in [-0.05, 0) is 30.4 Å². The summed E-state index contributed by atoms with van der Waals surface area (Å²) in [7, 11) is 0. The Bertz CT molecular complexity index is 677. The second-order valence-electron chi connectivity index (χ2n) is 3.66. The highest BCUT2D eigenvalue weighted by atomic mass is 32.2. The molecule has 0 radical (unpaired) electrons. The van der Waals surface area contributed by atoms with Crippen LogP contribution in [0, 0.1) is 3.95 Å². The number of amides is 1. The van der Waals surface area contributed by atoms with E-state index in [9.17, 15) is 9.59 Å². The van der Waals surface area contributed by atoms with Gasteiger partial charge in [0.1, 0.15) is 0 Å². The molecule has 0 bridgehead atoms. The van der Waals surface area contributed by atoms with Crippen LogP contribution in [0.2, 0.25) is 0 Å². The quantitative estimate of drug-likeness (QED) is 0.739. The van der Waals surface area contributed by atoms with Crippen LogP contribution in [-0.2, 0) is 9.59 Å². The fourth-order valence-electron chi connectivity index (χ4n) is 1.45. The molecule has 0 unspecified atom stereocenters. The van der Waals surface area contributed by atoms with Crippen molar-refractivity contribution in [2.75, 3.05) is 16.8 Å². The number of hydrogen-bond donors (Lipinski definition) is 3. The van der Waals surface area contributed by atoms with E-state index in [-0.39, 0.29) is 17.4 Å². The SMILES string of the molecule is O=C(O)CSCC(=O)Nc1ccc2[nH]c(=S)sc2c1. The Morgan fingerprint density at radius 1 is 1.42 bits per heavy atom. The number of carboxylic acids is 1. The topological polar surface area (TPSA) is 82.2 Å². The Morgan fingerprint density at radius 2 is 2.21 bits per heavy atom. The van der Waals surface area contributed by atoms with Crippen molar-refractivity contribution in [3.8, 4) is 0 Å². The molecule has 3 N–H and O–H groups in total. The number of carboxylic acid groups (broad SMARTS) is 1. The van der Waals surface area contributed by atoms with Gasteiger partial charge in [0.05, 0.1) is 21.7 Å². The van der Waals surface area contributed by atoms with Crippen LogP contribution in [0.25, 0.3) is 10.2 Å². The second kappa shape index (κ2) is 6.18. The maximum atomic E-state index is 11.6. The minimum atomic E-state index is -0.925. The summed E-state index contributed by atoms with van der Waals surface area (Å²) in [5.74, 6) is -1.10. The average Bonchev–Trinajstić information content (AvgIpc) is 2.67. The smallest absolute Gasteiger partial charge is 0.313 e. The van der Waals surface area contributed by atoms with E-state index in [1.54, 1.807) is 6.07 Å². The van der Waals surface area contributed by atoms with Crippen molar-refractivity contribution >= 4 is 63.1 Å². The molecule has 2 rings (SSSR count). The highest BCUT2D eigenvalue weighted by Crippen LogP contribution is 2.23. The molecule has 1 aromatic carbocycles. The highest BCUT2D eigenvalue weighted by Gasteiger charge is 2.06. The molecule has 5 nitrogen and oxygen atoms in total. The number of aromatic amines is 1. The molecule has 8 heteroatoms. The third-order valence-corrected chi connectivity index (χ3v) is 4.28. The largest absolute Gasteiger partial charge is 0.481 e. The van der Waals surface area contributed by atoms with E-state index in [1.165, 1.54) is 11.3 Å². The molecule has 1 heterocycles. The van der Waals surface area contributed by atoms with Crippen molar-refractivity contribution in [2.24, 2.45) is 0 Å². The number of carbonyl (C=O) groups is 2. The lowest BCUT2D eigenvalue weighted by molar-refractivity contribution is -0.133. The molecule has 0 aliphatic rings. The van der Waals surface area contributed by atoms with E-state index in [0.717, 1.165) is 22.0 Å². The lowest BCUT2D eigenvalue weighted by atomic mass is 10.3. The van der Waals surface area contributed by atoms with Crippen molar-refractivity contribution in [1.29, 1.82) is 0 Å². The predicted octanol–water partition coefficient (Wildman–Crippen LogP) is 2.72. The van der Waals surface area contributed by atoms with Crippen LogP contribution < -0.4 is 5.32 Å². The molecule has 0 aliphatic carbocycles. The third-order valence-electron chi connectivity index (χ3n) is 2.16. The first kappa shape index (κ1) is 14.0. The van der Waals surface area contributed by atoms with Crippen LogP contribution >= 0.6 is 35.3 Å². The Balaban J connectivity index is 1.98. The molecule has 0 fully saturated rings. The number of fused-ring (bicyclic) bond motifs is 1. The van der Waals surface area contributed by atoms with E-state index < -0.39 is 5.97 Å². The van der Waals surface area contributed by atoms with Gasteiger partial charge in [-0.2, -0.15) is 0 Å². The summed E-state index contributed by atoms with van der Waals surface area (Å²) in [5.41, 5.74) is 1.62. The highest BCUT2D eigenvalue weighted by molar-refractivity contribution is 8.00. The van der Waals surface area contributed by atoms with Crippen LogP contribution in [0.15, 0.2) is 18.2 Å². The average molecular weight is 314 g/mol. The van der Waals surface area contributed by atoms with Gasteiger partial charge in [0.25, 0.3) is 0 Å². The summed E-state index contributed by atoms with van der Waals surface area (Å²) in [5, 5.41) is 11.2. The van der Waals surface area contributed by atoms with Gasteiger partial charge < -0.3 is 15.4 Å².